The molecule has 8 nitrogen and oxygen atoms in total. The van der Waals surface area contributed by atoms with Crippen molar-refractivity contribution in [2.75, 3.05) is 16.9 Å². The molecule has 3 aromatic rings. The van der Waals surface area contributed by atoms with E-state index < -0.39 is 47.3 Å². The molecule has 2 saturated heterocycles. The molecular formula is C35H30Cl2N2O6. The number of ether oxygens (including phenoxy) is 1. The molecule has 2 aliphatic carbocycles. The van der Waals surface area contributed by atoms with E-state index in [1.54, 1.807) is 48.5 Å². The smallest absolute Gasteiger partial charge is 0.238 e. The number of anilines is 2. The highest BCUT2D eigenvalue weighted by atomic mass is 35.5. The van der Waals surface area contributed by atoms with Gasteiger partial charge in [-0.2, -0.15) is 0 Å². The Morgan fingerprint density at radius 3 is 1.89 bits per heavy atom. The number of nitrogens with zero attached hydrogens (tertiary/aromatic N) is 2. The molecule has 3 fully saturated rings. The monoisotopic (exact) mass is 644 g/mol. The molecule has 230 valence electrons. The van der Waals surface area contributed by atoms with Crippen LogP contribution in [0, 0.1) is 43.4 Å². The minimum Gasteiger partial charge on any atom is -0.508 e. The number of carbonyl (C=O) groups is 4. The third-order valence-corrected chi connectivity index (χ3v) is 10.9. The molecule has 1 N–H and O–H groups in total. The lowest BCUT2D eigenvalue weighted by Crippen LogP contribution is -2.43. The zero-order valence-electron chi connectivity index (χ0n) is 24.8. The van der Waals surface area contributed by atoms with Gasteiger partial charge in [0.1, 0.15) is 11.5 Å². The number of allylic oxidation sites excluding steroid dienone is 2. The summed E-state index contributed by atoms with van der Waals surface area (Å²) in [6.07, 6.45) is 2.43. The van der Waals surface area contributed by atoms with Crippen LogP contribution in [-0.4, -0.2) is 35.8 Å². The van der Waals surface area contributed by atoms with E-state index in [9.17, 15) is 24.3 Å². The van der Waals surface area contributed by atoms with Crippen LogP contribution in [0.1, 0.15) is 35.4 Å². The van der Waals surface area contributed by atoms with Gasteiger partial charge in [-0.05, 0) is 86.2 Å². The summed E-state index contributed by atoms with van der Waals surface area (Å²) in [5.74, 6) is -5.26. The van der Waals surface area contributed by atoms with Crippen molar-refractivity contribution in [3.8, 4) is 11.5 Å². The Balaban J connectivity index is 1.35. The number of benzene rings is 3. The summed E-state index contributed by atoms with van der Waals surface area (Å²) in [4.78, 5) is 58.8. The molecule has 3 aromatic carbocycles. The minimum absolute atomic E-state index is 0.0509. The van der Waals surface area contributed by atoms with Gasteiger partial charge in [-0.25, -0.2) is 9.80 Å². The number of phenols is 1. The van der Waals surface area contributed by atoms with Crippen molar-refractivity contribution in [2.24, 2.45) is 29.6 Å². The first kappa shape index (κ1) is 29.6. The molecule has 1 saturated carbocycles. The van der Waals surface area contributed by atoms with E-state index in [1.165, 1.54) is 23.0 Å². The average Bonchev–Trinajstić information content (AvgIpc) is 3.43. The summed E-state index contributed by atoms with van der Waals surface area (Å²) in [5.41, 5.74) is 3.61. The van der Waals surface area contributed by atoms with Gasteiger partial charge in [-0.15, -0.1) is 0 Å². The van der Waals surface area contributed by atoms with Crippen molar-refractivity contribution in [2.45, 2.75) is 32.6 Å². The van der Waals surface area contributed by atoms with Gasteiger partial charge in [0.05, 0.1) is 42.2 Å². The van der Waals surface area contributed by atoms with Crippen LogP contribution in [0.3, 0.4) is 0 Å². The molecule has 2 aliphatic heterocycles. The summed E-state index contributed by atoms with van der Waals surface area (Å²) in [6.45, 7) is 3.68. The van der Waals surface area contributed by atoms with Crippen molar-refractivity contribution in [3.63, 3.8) is 0 Å². The second-order valence-corrected chi connectivity index (χ2v) is 13.2. The van der Waals surface area contributed by atoms with Crippen molar-refractivity contribution in [1.29, 1.82) is 0 Å². The molecule has 4 amide bonds. The lowest BCUT2D eigenvalue weighted by atomic mass is 9.57. The zero-order chi connectivity index (χ0) is 31.9. The molecule has 0 radical (unpaired) electrons. The Bertz CT molecular complexity index is 1850. The summed E-state index contributed by atoms with van der Waals surface area (Å²) >= 11 is 12.8. The van der Waals surface area contributed by atoms with Gasteiger partial charge in [-0.1, -0.05) is 47.0 Å². The topological polar surface area (TPSA) is 104 Å². The molecule has 45 heavy (non-hydrogen) atoms. The molecule has 6 atom stereocenters. The number of aryl methyl sites for hydroxylation is 2. The van der Waals surface area contributed by atoms with Gasteiger partial charge in [0.15, 0.2) is 0 Å². The van der Waals surface area contributed by atoms with Crippen LogP contribution in [0.25, 0.3) is 0 Å². The number of methoxy groups -OCH3 is 1. The fourth-order valence-electron chi connectivity index (χ4n) is 7.80. The number of amides is 4. The Morgan fingerprint density at radius 1 is 0.733 bits per heavy atom. The highest BCUT2D eigenvalue weighted by Crippen LogP contribution is 2.59. The fraction of sp³-hybridized carbons (Fsp3) is 0.314. The molecule has 0 spiro atoms. The predicted octanol–water partition coefficient (Wildman–Crippen LogP) is 6.37. The van der Waals surface area contributed by atoms with Gasteiger partial charge in [0.25, 0.3) is 0 Å². The summed E-state index contributed by atoms with van der Waals surface area (Å²) in [6, 6.07) is 15.0. The van der Waals surface area contributed by atoms with Crippen LogP contribution in [-0.2, 0) is 19.2 Å². The second kappa shape index (κ2) is 10.7. The molecule has 0 bridgehead atoms. The Labute approximate surface area is 270 Å². The molecule has 7 rings (SSSR count). The highest BCUT2D eigenvalue weighted by Gasteiger charge is 2.62. The van der Waals surface area contributed by atoms with Crippen LogP contribution in [0.5, 0.6) is 11.5 Å². The number of carbonyl (C=O) groups excluding carboxylic acids is 4. The molecule has 2 heterocycles. The van der Waals surface area contributed by atoms with Crippen molar-refractivity contribution in [1.82, 2.24) is 0 Å². The summed E-state index contributed by atoms with van der Waals surface area (Å²) in [5, 5.41) is 12.0. The third kappa shape index (κ3) is 4.41. The van der Waals surface area contributed by atoms with Crippen LogP contribution >= 0.6 is 23.2 Å². The van der Waals surface area contributed by atoms with Gasteiger partial charge >= 0.3 is 0 Å². The van der Waals surface area contributed by atoms with E-state index in [1.807, 2.05) is 19.9 Å². The summed E-state index contributed by atoms with van der Waals surface area (Å²) in [7, 11) is 1.51. The SMILES string of the molecule is COc1ccc(O)c(C2C3=CCC4C(=O)N(c5ccc(C)c(Cl)c5)C(=O)C4C3CC3C(=O)N(c4ccc(C)c(Cl)c4)C(=O)C32)c1. The van der Waals surface area contributed by atoms with Crippen LogP contribution in [0.4, 0.5) is 11.4 Å². The first-order valence-corrected chi connectivity index (χ1v) is 15.6. The number of fused-ring (bicyclic) bond motifs is 4. The van der Waals surface area contributed by atoms with Crippen LogP contribution in [0.15, 0.2) is 66.2 Å². The largest absolute Gasteiger partial charge is 0.508 e. The highest BCUT2D eigenvalue weighted by molar-refractivity contribution is 6.33. The second-order valence-electron chi connectivity index (χ2n) is 12.3. The molecule has 0 aromatic heterocycles. The number of halogens is 2. The fourth-order valence-corrected chi connectivity index (χ4v) is 8.15. The Hall–Kier alpha value is -4.14. The van der Waals surface area contributed by atoms with E-state index in [2.05, 4.69) is 0 Å². The lowest BCUT2D eigenvalue weighted by Gasteiger charge is -2.44. The quantitative estimate of drug-likeness (QED) is 0.261. The van der Waals surface area contributed by atoms with Crippen molar-refractivity contribution >= 4 is 58.2 Å². The number of hydrogen-bond acceptors (Lipinski definition) is 6. The van der Waals surface area contributed by atoms with E-state index in [4.69, 9.17) is 27.9 Å². The Morgan fingerprint density at radius 2 is 1.31 bits per heavy atom. The molecule has 10 heteroatoms. The third-order valence-electron chi connectivity index (χ3n) is 10.0. The number of aromatic hydroxyl groups is 1. The maximum atomic E-state index is 14.3. The van der Waals surface area contributed by atoms with E-state index in [-0.39, 0.29) is 30.4 Å². The number of hydrogen-bond donors (Lipinski definition) is 1. The van der Waals surface area contributed by atoms with Gasteiger partial charge in [0, 0.05) is 21.5 Å². The predicted molar refractivity (Wildman–Crippen MR) is 170 cm³/mol. The molecule has 4 aliphatic rings. The van der Waals surface area contributed by atoms with Crippen molar-refractivity contribution in [3.05, 3.63) is 93.0 Å². The summed E-state index contributed by atoms with van der Waals surface area (Å²) < 4.78 is 5.47. The van der Waals surface area contributed by atoms with E-state index in [0.29, 0.717) is 32.7 Å². The van der Waals surface area contributed by atoms with E-state index >= 15 is 0 Å². The Kier molecular flexibility index (Phi) is 7.06. The average molecular weight is 646 g/mol. The number of rotatable bonds is 4. The van der Waals surface area contributed by atoms with Crippen molar-refractivity contribution < 1.29 is 29.0 Å². The van der Waals surface area contributed by atoms with Gasteiger partial charge in [-0.3, -0.25) is 19.2 Å². The normalized spacial score (nSPS) is 27.4. The van der Waals surface area contributed by atoms with E-state index in [0.717, 1.165) is 16.7 Å². The number of imide groups is 2. The lowest BCUT2D eigenvalue weighted by molar-refractivity contribution is -0.126. The maximum Gasteiger partial charge on any atom is 0.238 e. The first-order valence-electron chi connectivity index (χ1n) is 14.9. The maximum absolute atomic E-state index is 14.3. The first-order chi connectivity index (χ1) is 21.5. The molecule has 6 unspecified atom stereocenters. The zero-order valence-corrected chi connectivity index (χ0v) is 26.3. The van der Waals surface area contributed by atoms with Crippen LogP contribution < -0.4 is 14.5 Å². The number of phenolic OH excluding ortho intramolecular Hbond substituents is 1. The molecular weight excluding hydrogens is 615 g/mol. The minimum atomic E-state index is -0.839. The van der Waals surface area contributed by atoms with Gasteiger partial charge < -0.3 is 9.84 Å². The van der Waals surface area contributed by atoms with Crippen LogP contribution in [0.2, 0.25) is 10.0 Å². The van der Waals surface area contributed by atoms with Gasteiger partial charge in [0.2, 0.25) is 23.6 Å². The standard InChI is InChI=1S/C35H30Cl2N2O6/c1-16-4-6-18(12-26(16)36)38-32(41)22-10-9-21-23(30(22)34(38)43)15-25-31(29(21)24-14-20(45-3)8-11-28(24)40)35(44)39(33(25)42)19-7-5-17(2)27(37)13-19/h4-9,11-14,22-23,25,29-31,40H,10,15H2,1-3H3.